The lowest BCUT2D eigenvalue weighted by Crippen LogP contribution is -2.48. The molecule has 0 spiro atoms. The summed E-state index contributed by atoms with van der Waals surface area (Å²) < 4.78 is 1.59. The highest BCUT2D eigenvalue weighted by atomic mass is 16.3. The molecule has 0 fully saturated rings. The maximum Gasteiger partial charge on any atom is 0.241 e. The molecular weight excluding hydrogens is 246 g/mol. The summed E-state index contributed by atoms with van der Waals surface area (Å²) >= 11 is 0. The Labute approximate surface area is 113 Å². The predicted molar refractivity (Wildman–Crippen MR) is 72.3 cm³/mol. The molecular formula is C12H23N5O2. The first-order valence-corrected chi connectivity index (χ1v) is 6.10. The lowest BCUT2D eigenvalue weighted by Gasteiger charge is -2.27. The van der Waals surface area contributed by atoms with Crippen molar-refractivity contribution in [1.29, 1.82) is 0 Å². The summed E-state index contributed by atoms with van der Waals surface area (Å²) in [5.41, 5.74) is 5.48. The molecule has 1 aromatic rings. The molecule has 0 saturated carbocycles. The van der Waals surface area contributed by atoms with Gasteiger partial charge in [-0.2, -0.15) is 5.10 Å². The first kappa shape index (κ1) is 15.6. The molecule has 0 aliphatic carbocycles. The van der Waals surface area contributed by atoms with Crippen molar-refractivity contribution >= 4 is 5.91 Å². The van der Waals surface area contributed by atoms with Crippen LogP contribution < -0.4 is 11.1 Å². The topological polar surface area (TPSA) is 96.4 Å². The number of carbonyl (C=O) groups excluding carboxylic acids is 1. The highest BCUT2D eigenvalue weighted by Crippen LogP contribution is 2.09. The number of aryl methyl sites for hydroxylation is 1. The number of hydrogen-bond acceptors (Lipinski definition) is 5. The van der Waals surface area contributed by atoms with Crippen LogP contribution in [0.1, 0.15) is 18.5 Å². The Morgan fingerprint density at radius 1 is 1.68 bits per heavy atom. The molecule has 19 heavy (non-hydrogen) atoms. The van der Waals surface area contributed by atoms with Gasteiger partial charge >= 0.3 is 0 Å². The third-order valence-corrected chi connectivity index (χ3v) is 2.67. The van der Waals surface area contributed by atoms with E-state index >= 15 is 0 Å². The van der Waals surface area contributed by atoms with Crippen molar-refractivity contribution in [2.24, 2.45) is 12.8 Å². The van der Waals surface area contributed by atoms with Gasteiger partial charge in [-0.15, -0.1) is 0 Å². The van der Waals surface area contributed by atoms with Crippen LogP contribution in [-0.4, -0.2) is 58.5 Å². The SMILES string of the molecule is CN(C)CC(C)(O)CNC(=O)C(N)c1cnn(C)c1. The average Bonchev–Trinajstić information content (AvgIpc) is 2.70. The quantitative estimate of drug-likeness (QED) is 0.606. The second-order valence-corrected chi connectivity index (χ2v) is 5.38. The van der Waals surface area contributed by atoms with Crippen LogP contribution >= 0.6 is 0 Å². The maximum atomic E-state index is 11.9. The minimum absolute atomic E-state index is 0.151. The summed E-state index contributed by atoms with van der Waals surface area (Å²) in [5, 5.41) is 16.7. The molecule has 0 aromatic carbocycles. The van der Waals surface area contributed by atoms with Gasteiger partial charge in [0.05, 0.1) is 11.8 Å². The molecule has 1 aromatic heterocycles. The summed E-state index contributed by atoms with van der Waals surface area (Å²) in [5.74, 6) is -0.327. The Morgan fingerprint density at radius 2 is 2.32 bits per heavy atom. The summed E-state index contributed by atoms with van der Waals surface area (Å²) in [6, 6.07) is -0.774. The van der Waals surface area contributed by atoms with Gasteiger partial charge < -0.3 is 21.1 Å². The van der Waals surface area contributed by atoms with E-state index in [-0.39, 0.29) is 12.5 Å². The fourth-order valence-corrected chi connectivity index (χ4v) is 1.88. The molecule has 1 rings (SSSR count). The number of aliphatic hydroxyl groups is 1. The van der Waals surface area contributed by atoms with Crippen molar-refractivity contribution in [3.8, 4) is 0 Å². The Bertz CT molecular complexity index is 428. The van der Waals surface area contributed by atoms with Gasteiger partial charge in [-0.25, -0.2) is 0 Å². The molecule has 1 heterocycles. The van der Waals surface area contributed by atoms with Crippen LogP contribution in [0.15, 0.2) is 12.4 Å². The monoisotopic (exact) mass is 269 g/mol. The highest BCUT2D eigenvalue weighted by Gasteiger charge is 2.24. The van der Waals surface area contributed by atoms with Gasteiger partial charge in [0, 0.05) is 31.9 Å². The third-order valence-electron chi connectivity index (χ3n) is 2.67. The summed E-state index contributed by atoms with van der Waals surface area (Å²) in [7, 11) is 5.48. The molecule has 0 radical (unpaired) electrons. The van der Waals surface area contributed by atoms with Gasteiger partial charge in [-0.3, -0.25) is 9.48 Å². The fraction of sp³-hybridized carbons (Fsp3) is 0.667. The zero-order chi connectivity index (χ0) is 14.6. The number of nitrogens with one attached hydrogen (secondary N) is 1. The first-order chi connectivity index (χ1) is 8.71. The molecule has 0 aliphatic rings. The summed E-state index contributed by atoms with van der Waals surface area (Å²) in [6.45, 7) is 2.27. The van der Waals surface area contributed by atoms with E-state index in [0.29, 0.717) is 12.1 Å². The molecule has 108 valence electrons. The highest BCUT2D eigenvalue weighted by molar-refractivity contribution is 5.82. The van der Waals surface area contributed by atoms with Crippen LogP contribution in [0, 0.1) is 0 Å². The number of aromatic nitrogens is 2. The minimum Gasteiger partial charge on any atom is -0.387 e. The number of rotatable bonds is 6. The van der Waals surface area contributed by atoms with Crippen LogP contribution in [0.2, 0.25) is 0 Å². The van der Waals surface area contributed by atoms with Crippen molar-refractivity contribution < 1.29 is 9.90 Å². The van der Waals surface area contributed by atoms with E-state index in [1.807, 2.05) is 19.0 Å². The van der Waals surface area contributed by atoms with Crippen molar-refractivity contribution in [3.05, 3.63) is 18.0 Å². The summed E-state index contributed by atoms with van der Waals surface area (Å²) in [4.78, 5) is 13.7. The first-order valence-electron chi connectivity index (χ1n) is 6.10. The molecule has 7 nitrogen and oxygen atoms in total. The normalized spacial score (nSPS) is 16.2. The molecule has 0 aliphatic heterocycles. The number of carbonyl (C=O) groups is 1. The standard InChI is InChI=1S/C12H23N5O2/c1-12(19,8-16(2)3)7-14-11(18)10(13)9-5-15-17(4)6-9/h5-6,10,19H,7-8,13H2,1-4H3,(H,14,18). The van der Waals surface area contributed by atoms with Gasteiger partial charge in [0.15, 0.2) is 0 Å². The van der Waals surface area contributed by atoms with E-state index in [1.54, 1.807) is 31.0 Å². The van der Waals surface area contributed by atoms with Crippen LogP contribution in [0.3, 0.4) is 0 Å². The Kier molecular flexibility index (Phi) is 5.04. The van der Waals surface area contributed by atoms with Gasteiger partial charge in [-0.1, -0.05) is 0 Å². The molecule has 7 heteroatoms. The second-order valence-electron chi connectivity index (χ2n) is 5.38. The number of hydrogen-bond donors (Lipinski definition) is 3. The number of likely N-dealkylation sites (N-methyl/N-ethyl adjacent to an activating group) is 1. The molecule has 0 saturated heterocycles. The van der Waals surface area contributed by atoms with Gasteiger partial charge in [0.2, 0.25) is 5.91 Å². The lowest BCUT2D eigenvalue weighted by atomic mass is 10.1. The van der Waals surface area contributed by atoms with Crippen LogP contribution in [0.4, 0.5) is 0 Å². The summed E-state index contributed by atoms with van der Waals surface area (Å²) in [6.07, 6.45) is 3.25. The van der Waals surface area contributed by atoms with Crippen LogP contribution in [0.5, 0.6) is 0 Å². The molecule has 2 unspecified atom stereocenters. The zero-order valence-corrected chi connectivity index (χ0v) is 11.9. The van der Waals surface area contributed by atoms with E-state index < -0.39 is 11.6 Å². The van der Waals surface area contributed by atoms with E-state index in [9.17, 15) is 9.90 Å². The Morgan fingerprint density at radius 3 is 2.79 bits per heavy atom. The molecule has 0 bridgehead atoms. The van der Waals surface area contributed by atoms with Gasteiger partial charge in [-0.05, 0) is 21.0 Å². The van der Waals surface area contributed by atoms with Crippen LogP contribution in [0.25, 0.3) is 0 Å². The van der Waals surface area contributed by atoms with E-state index in [2.05, 4.69) is 10.4 Å². The number of amides is 1. The second kappa shape index (κ2) is 6.14. The average molecular weight is 269 g/mol. The maximum absolute atomic E-state index is 11.9. The number of nitrogens with zero attached hydrogens (tertiary/aromatic N) is 3. The van der Waals surface area contributed by atoms with Crippen LogP contribution in [-0.2, 0) is 11.8 Å². The Hall–Kier alpha value is -1.44. The lowest BCUT2D eigenvalue weighted by molar-refractivity contribution is -0.123. The van der Waals surface area contributed by atoms with Crippen molar-refractivity contribution in [2.45, 2.75) is 18.6 Å². The fourth-order valence-electron chi connectivity index (χ4n) is 1.88. The Balaban J connectivity index is 2.51. The largest absolute Gasteiger partial charge is 0.387 e. The van der Waals surface area contributed by atoms with E-state index in [4.69, 9.17) is 5.73 Å². The zero-order valence-electron chi connectivity index (χ0n) is 11.9. The molecule has 2 atom stereocenters. The third kappa shape index (κ3) is 4.98. The van der Waals surface area contributed by atoms with Crippen molar-refractivity contribution in [3.63, 3.8) is 0 Å². The van der Waals surface area contributed by atoms with Gasteiger partial charge in [0.25, 0.3) is 0 Å². The minimum atomic E-state index is -0.992. The smallest absolute Gasteiger partial charge is 0.241 e. The van der Waals surface area contributed by atoms with E-state index in [0.717, 1.165) is 0 Å². The van der Waals surface area contributed by atoms with E-state index in [1.165, 1.54) is 0 Å². The number of nitrogens with two attached hydrogens (primary N) is 1. The molecule has 1 amide bonds. The van der Waals surface area contributed by atoms with Crippen molar-refractivity contribution in [2.75, 3.05) is 27.2 Å². The molecule has 4 N–H and O–H groups in total. The van der Waals surface area contributed by atoms with Gasteiger partial charge in [0.1, 0.15) is 6.04 Å². The predicted octanol–water partition coefficient (Wildman–Crippen LogP) is -1.15. The van der Waals surface area contributed by atoms with Crippen molar-refractivity contribution in [1.82, 2.24) is 20.0 Å².